The fraction of sp³-hybridized carbons (Fsp3) is 1.00. The third kappa shape index (κ3) is 4.42. The maximum absolute atomic E-state index is 5.66. The molecule has 2 rings (SSSR count). The molecule has 0 aliphatic heterocycles. The van der Waals surface area contributed by atoms with Gasteiger partial charge in [0.15, 0.2) is 0 Å². The zero-order valence-corrected chi connectivity index (χ0v) is 10.5. The molecule has 0 aromatic carbocycles. The molecule has 0 bridgehead atoms. The Labute approximate surface area is 99.6 Å². The van der Waals surface area contributed by atoms with Crippen molar-refractivity contribution in [1.29, 1.82) is 0 Å². The zero-order valence-electron chi connectivity index (χ0n) is 10.5. The lowest BCUT2D eigenvalue weighted by molar-refractivity contribution is -0.354. The van der Waals surface area contributed by atoms with Gasteiger partial charge in [-0.25, -0.2) is 9.78 Å². The highest BCUT2D eigenvalue weighted by atomic mass is 17.2. The average Bonchev–Trinajstić information content (AvgIpc) is 2.71. The van der Waals surface area contributed by atoms with Crippen molar-refractivity contribution in [3.63, 3.8) is 0 Å². The molecule has 0 aromatic heterocycles. The van der Waals surface area contributed by atoms with Crippen LogP contribution in [0.15, 0.2) is 0 Å². The van der Waals surface area contributed by atoms with Gasteiger partial charge in [-0.3, -0.25) is 0 Å². The van der Waals surface area contributed by atoms with E-state index in [4.69, 9.17) is 9.78 Å². The second-order valence-electron chi connectivity index (χ2n) is 5.42. The van der Waals surface area contributed by atoms with Gasteiger partial charge in [0.25, 0.3) is 0 Å². The Morgan fingerprint density at radius 2 is 0.750 bits per heavy atom. The molecule has 2 saturated carbocycles. The van der Waals surface area contributed by atoms with E-state index in [2.05, 4.69) is 0 Å². The lowest BCUT2D eigenvalue weighted by atomic mass is 10.1. The number of hydrogen-bond acceptors (Lipinski definition) is 2. The van der Waals surface area contributed by atoms with Crippen LogP contribution >= 0.6 is 0 Å². The van der Waals surface area contributed by atoms with E-state index in [-0.39, 0.29) is 0 Å². The molecular weight excluding hydrogens is 200 g/mol. The van der Waals surface area contributed by atoms with Gasteiger partial charge in [-0.2, -0.15) is 0 Å². The van der Waals surface area contributed by atoms with Gasteiger partial charge < -0.3 is 0 Å². The molecule has 0 saturated heterocycles. The first-order chi connectivity index (χ1) is 7.95. The topological polar surface area (TPSA) is 18.5 Å². The Morgan fingerprint density at radius 1 is 0.438 bits per heavy atom. The molecule has 0 N–H and O–H groups in total. The first-order valence-corrected chi connectivity index (χ1v) is 7.27. The summed E-state index contributed by atoms with van der Waals surface area (Å²) >= 11 is 0. The first-order valence-electron chi connectivity index (χ1n) is 7.27. The number of hydrogen-bond donors (Lipinski definition) is 0. The van der Waals surface area contributed by atoms with Crippen LogP contribution in [-0.4, -0.2) is 12.2 Å². The minimum Gasteiger partial charge on any atom is -0.233 e. The van der Waals surface area contributed by atoms with Crippen LogP contribution in [0.25, 0.3) is 0 Å². The van der Waals surface area contributed by atoms with Gasteiger partial charge in [-0.1, -0.05) is 51.4 Å². The lowest BCUT2D eigenvalue weighted by Crippen LogP contribution is -2.19. The Bertz CT molecular complexity index is 146. The van der Waals surface area contributed by atoms with E-state index in [0.29, 0.717) is 12.2 Å². The Balaban J connectivity index is 1.64. The smallest absolute Gasteiger partial charge is 0.0930 e. The van der Waals surface area contributed by atoms with Gasteiger partial charge >= 0.3 is 0 Å². The predicted molar refractivity (Wildman–Crippen MR) is 65.2 cm³/mol. The molecular formula is C14H26O2. The van der Waals surface area contributed by atoms with Gasteiger partial charge in [0, 0.05) is 0 Å². The van der Waals surface area contributed by atoms with E-state index in [9.17, 15) is 0 Å². The van der Waals surface area contributed by atoms with Crippen LogP contribution in [0.1, 0.15) is 77.0 Å². The van der Waals surface area contributed by atoms with E-state index in [1.807, 2.05) is 0 Å². The van der Waals surface area contributed by atoms with E-state index in [1.165, 1.54) is 77.0 Å². The van der Waals surface area contributed by atoms with Crippen molar-refractivity contribution in [1.82, 2.24) is 0 Å². The molecule has 0 amide bonds. The summed E-state index contributed by atoms with van der Waals surface area (Å²) in [6, 6.07) is 0. The summed E-state index contributed by atoms with van der Waals surface area (Å²) in [6.07, 6.45) is 16.4. The SMILES string of the molecule is C1CCCC(OOC2CCCCCC2)CC1. The van der Waals surface area contributed by atoms with Gasteiger partial charge in [0.1, 0.15) is 0 Å². The molecule has 0 heterocycles. The van der Waals surface area contributed by atoms with Gasteiger partial charge in [0.05, 0.1) is 12.2 Å². The van der Waals surface area contributed by atoms with Crippen molar-refractivity contribution in [3.05, 3.63) is 0 Å². The van der Waals surface area contributed by atoms with Crippen LogP contribution in [0.2, 0.25) is 0 Å². The Hall–Kier alpha value is -0.0800. The minimum absolute atomic E-state index is 0.380. The largest absolute Gasteiger partial charge is 0.233 e. The van der Waals surface area contributed by atoms with Crippen LogP contribution in [0.5, 0.6) is 0 Å². The molecule has 2 aliphatic carbocycles. The maximum atomic E-state index is 5.66. The van der Waals surface area contributed by atoms with Gasteiger partial charge in [-0.15, -0.1) is 0 Å². The van der Waals surface area contributed by atoms with Crippen LogP contribution in [0, 0.1) is 0 Å². The van der Waals surface area contributed by atoms with E-state index >= 15 is 0 Å². The van der Waals surface area contributed by atoms with Crippen LogP contribution in [0.3, 0.4) is 0 Å². The second-order valence-corrected chi connectivity index (χ2v) is 5.42. The second kappa shape index (κ2) is 7.29. The molecule has 94 valence electrons. The third-order valence-electron chi connectivity index (χ3n) is 3.93. The molecule has 0 atom stereocenters. The molecule has 2 nitrogen and oxygen atoms in total. The summed E-state index contributed by atoms with van der Waals surface area (Å²) < 4.78 is 0. The van der Waals surface area contributed by atoms with E-state index in [0.717, 1.165) is 0 Å². The molecule has 16 heavy (non-hydrogen) atoms. The number of rotatable bonds is 3. The highest BCUT2D eigenvalue weighted by molar-refractivity contribution is 4.64. The molecule has 0 unspecified atom stereocenters. The molecule has 2 heteroatoms. The molecule has 0 radical (unpaired) electrons. The van der Waals surface area contributed by atoms with Crippen molar-refractivity contribution in [2.75, 3.05) is 0 Å². The Kier molecular flexibility index (Phi) is 5.64. The van der Waals surface area contributed by atoms with Crippen molar-refractivity contribution in [3.8, 4) is 0 Å². The third-order valence-corrected chi connectivity index (χ3v) is 3.93. The van der Waals surface area contributed by atoms with Crippen LogP contribution < -0.4 is 0 Å². The van der Waals surface area contributed by atoms with Crippen LogP contribution in [0.4, 0.5) is 0 Å². The zero-order chi connectivity index (χ0) is 11.1. The summed E-state index contributed by atoms with van der Waals surface area (Å²) in [6.45, 7) is 0. The Morgan fingerprint density at radius 3 is 1.06 bits per heavy atom. The summed E-state index contributed by atoms with van der Waals surface area (Å²) in [4.78, 5) is 11.3. The molecule has 2 fully saturated rings. The van der Waals surface area contributed by atoms with E-state index < -0.39 is 0 Å². The fourth-order valence-electron chi connectivity index (χ4n) is 2.83. The van der Waals surface area contributed by atoms with Crippen molar-refractivity contribution in [2.24, 2.45) is 0 Å². The van der Waals surface area contributed by atoms with Crippen molar-refractivity contribution < 1.29 is 9.78 Å². The molecule has 0 spiro atoms. The van der Waals surface area contributed by atoms with Gasteiger partial charge in [-0.05, 0) is 25.7 Å². The summed E-state index contributed by atoms with van der Waals surface area (Å²) in [7, 11) is 0. The summed E-state index contributed by atoms with van der Waals surface area (Å²) in [5, 5.41) is 0. The molecule has 2 aliphatic rings. The lowest BCUT2D eigenvalue weighted by Gasteiger charge is -2.19. The summed E-state index contributed by atoms with van der Waals surface area (Å²) in [5.74, 6) is 0. The molecule has 0 aromatic rings. The summed E-state index contributed by atoms with van der Waals surface area (Å²) in [5.41, 5.74) is 0. The van der Waals surface area contributed by atoms with E-state index in [1.54, 1.807) is 0 Å². The highest BCUT2D eigenvalue weighted by Gasteiger charge is 2.18. The minimum atomic E-state index is 0.380. The average molecular weight is 226 g/mol. The normalized spacial score (nSPS) is 26.2. The van der Waals surface area contributed by atoms with Crippen LogP contribution in [-0.2, 0) is 9.78 Å². The fourth-order valence-corrected chi connectivity index (χ4v) is 2.83. The van der Waals surface area contributed by atoms with Crippen molar-refractivity contribution in [2.45, 2.75) is 89.3 Å². The maximum Gasteiger partial charge on any atom is 0.0930 e. The predicted octanol–water partition coefficient (Wildman–Crippen LogP) is 4.38. The van der Waals surface area contributed by atoms with Crippen molar-refractivity contribution >= 4 is 0 Å². The van der Waals surface area contributed by atoms with Gasteiger partial charge in [0.2, 0.25) is 0 Å². The highest BCUT2D eigenvalue weighted by Crippen LogP contribution is 2.24. The quantitative estimate of drug-likeness (QED) is 0.404. The first kappa shape index (κ1) is 12.4. The standard InChI is InChI=1S/C14H26O2/c1-2-6-10-13(9-5-1)15-16-14-11-7-3-4-8-12-14/h13-14H,1-12H2. The monoisotopic (exact) mass is 226 g/mol.